The number of nitrogens with one attached hydrogen (secondary N) is 1. The Morgan fingerprint density at radius 1 is 1.25 bits per heavy atom. The highest BCUT2D eigenvalue weighted by atomic mass is 35.5. The van der Waals surface area contributed by atoms with E-state index >= 15 is 0 Å². The van der Waals surface area contributed by atoms with Gasteiger partial charge in [-0.2, -0.15) is 0 Å². The molecule has 0 atom stereocenters. The van der Waals surface area contributed by atoms with Crippen LogP contribution >= 0.6 is 11.6 Å². The molecule has 2 heterocycles. The smallest absolute Gasteiger partial charge is 0.335 e. The Morgan fingerprint density at radius 3 is 2.62 bits per heavy atom. The SMILES string of the molecule is Cc1nc2cc(Cl)ccn2c1C(=O)NCc1ccc(C(=O)O)cc1. The first-order chi connectivity index (χ1) is 11.5. The number of aromatic nitrogens is 2. The van der Waals surface area contributed by atoms with Gasteiger partial charge in [0, 0.05) is 23.8 Å². The van der Waals surface area contributed by atoms with E-state index in [1.54, 1.807) is 41.8 Å². The number of hydrogen-bond donors (Lipinski definition) is 2. The van der Waals surface area contributed by atoms with Crippen LogP contribution in [0.25, 0.3) is 5.65 Å². The lowest BCUT2D eigenvalue weighted by molar-refractivity contribution is 0.0696. The van der Waals surface area contributed by atoms with Gasteiger partial charge >= 0.3 is 5.97 Å². The molecule has 1 aromatic carbocycles. The number of halogens is 1. The van der Waals surface area contributed by atoms with Crippen LogP contribution in [0, 0.1) is 6.92 Å². The average Bonchev–Trinajstić information content (AvgIpc) is 2.87. The Bertz CT molecular complexity index is 932. The molecule has 2 aromatic heterocycles. The highest BCUT2D eigenvalue weighted by Gasteiger charge is 2.16. The summed E-state index contributed by atoms with van der Waals surface area (Å²) in [5.74, 6) is -1.24. The molecule has 0 bridgehead atoms. The van der Waals surface area contributed by atoms with Gasteiger partial charge in [0.1, 0.15) is 11.3 Å². The molecule has 0 aliphatic carbocycles. The molecular formula is C17H14ClN3O3. The fraction of sp³-hybridized carbons (Fsp3) is 0.118. The van der Waals surface area contributed by atoms with Gasteiger partial charge in [-0.15, -0.1) is 0 Å². The second kappa shape index (κ2) is 6.33. The number of nitrogens with zero attached hydrogens (tertiary/aromatic N) is 2. The monoisotopic (exact) mass is 343 g/mol. The van der Waals surface area contributed by atoms with Crippen molar-refractivity contribution in [2.45, 2.75) is 13.5 Å². The van der Waals surface area contributed by atoms with Crippen molar-refractivity contribution in [3.63, 3.8) is 0 Å². The Labute approximate surface area is 142 Å². The van der Waals surface area contributed by atoms with Gasteiger partial charge in [-0.05, 0) is 30.7 Å². The van der Waals surface area contributed by atoms with E-state index in [9.17, 15) is 9.59 Å². The van der Waals surface area contributed by atoms with E-state index in [-0.39, 0.29) is 11.5 Å². The highest BCUT2D eigenvalue weighted by molar-refractivity contribution is 6.30. The maximum absolute atomic E-state index is 12.5. The Hall–Kier alpha value is -2.86. The fourth-order valence-corrected chi connectivity index (χ4v) is 2.60. The fourth-order valence-electron chi connectivity index (χ4n) is 2.44. The first kappa shape index (κ1) is 16.0. The van der Waals surface area contributed by atoms with Crippen LogP contribution in [-0.4, -0.2) is 26.4 Å². The van der Waals surface area contributed by atoms with Gasteiger partial charge in [0.25, 0.3) is 5.91 Å². The summed E-state index contributed by atoms with van der Waals surface area (Å²) in [4.78, 5) is 27.6. The van der Waals surface area contributed by atoms with Gasteiger partial charge in [0.2, 0.25) is 0 Å². The number of benzene rings is 1. The topological polar surface area (TPSA) is 83.7 Å². The molecule has 1 amide bonds. The number of carbonyl (C=O) groups is 2. The second-order valence-corrected chi connectivity index (χ2v) is 5.74. The quantitative estimate of drug-likeness (QED) is 0.763. The summed E-state index contributed by atoms with van der Waals surface area (Å²) in [6.45, 7) is 2.05. The van der Waals surface area contributed by atoms with Crippen molar-refractivity contribution in [2.24, 2.45) is 0 Å². The number of amides is 1. The second-order valence-electron chi connectivity index (χ2n) is 5.30. The molecule has 3 rings (SSSR count). The Morgan fingerprint density at radius 2 is 1.96 bits per heavy atom. The number of aromatic carboxylic acids is 1. The molecule has 0 unspecified atom stereocenters. The van der Waals surface area contributed by atoms with Crippen molar-refractivity contribution < 1.29 is 14.7 Å². The number of fused-ring (bicyclic) bond motifs is 1. The number of carboxylic acid groups (broad SMARTS) is 1. The lowest BCUT2D eigenvalue weighted by atomic mass is 10.1. The summed E-state index contributed by atoms with van der Waals surface area (Å²) in [5, 5.41) is 12.3. The third-order valence-electron chi connectivity index (χ3n) is 3.63. The minimum Gasteiger partial charge on any atom is -0.478 e. The Balaban J connectivity index is 1.78. The van der Waals surface area contributed by atoms with Gasteiger partial charge in [0.05, 0.1) is 11.3 Å². The van der Waals surface area contributed by atoms with Crippen molar-refractivity contribution in [3.8, 4) is 0 Å². The molecule has 2 N–H and O–H groups in total. The van der Waals surface area contributed by atoms with Crippen molar-refractivity contribution in [1.82, 2.24) is 14.7 Å². The Kier molecular flexibility index (Phi) is 4.22. The average molecular weight is 344 g/mol. The molecule has 24 heavy (non-hydrogen) atoms. The van der Waals surface area contributed by atoms with Crippen molar-refractivity contribution in [3.05, 3.63) is 70.1 Å². The van der Waals surface area contributed by atoms with Crippen LogP contribution in [0.5, 0.6) is 0 Å². The number of imidazole rings is 1. The van der Waals surface area contributed by atoms with Crippen LogP contribution in [-0.2, 0) is 6.54 Å². The van der Waals surface area contributed by atoms with E-state index in [4.69, 9.17) is 16.7 Å². The normalized spacial score (nSPS) is 10.8. The van der Waals surface area contributed by atoms with Crippen LogP contribution in [0.15, 0.2) is 42.6 Å². The number of hydrogen-bond acceptors (Lipinski definition) is 3. The predicted molar refractivity (Wildman–Crippen MR) is 89.5 cm³/mol. The third-order valence-corrected chi connectivity index (χ3v) is 3.87. The van der Waals surface area contributed by atoms with E-state index in [0.29, 0.717) is 28.6 Å². The molecule has 0 fully saturated rings. The van der Waals surface area contributed by atoms with E-state index < -0.39 is 5.97 Å². The number of pyridine rings is 1. The first-order valence-electron chi connectivity index (χ1n) is 7.20. The molecule has 0 saturated heterocycles. The predicted octanol–water partition coefficient (Wildman–Crippen LogP) is 2.92. The van der Waals surface area contributed by atoms with Crippen LogP contribution < -0.4 is 5.32 Å². The summed E-state index contributed by atoms with van der Waals surface area (Å²) >= 11 is 5.94. The molecule has 0 radical (unpaired) electrons. The van der Waals surface area contributed by atoms with E-state index in [1.165, 1.54) is 12.1 Å². The molecule has 122 valence electrons. The van der Waals surface area contributed by atoms with Crippen LogP contribution in [0.4, 0.5) is 0 Å². The van der Waals surface area contributed by atoms with Crippen LogP contribution in [0.2, 0.25) is 5.02 Å². The molecule has 0 spiro atoms. The zero-order valence-electron chi connectivity index (χ0n) is 12.8. The summed E-state index contributed by atoms with van der Waals surface area (Å²) in [7, 11) is 0. The molecule has 0 aliphatic heterocycles. The lowest BCUT2D eigenvalue weighted by Crippen LogP contribution is -2.25. The van der Waals surface area contributed by atoms with Crippen LogP contribution in [0.1, 0.15) is 32.1 Å². The van der Waals surface area contributed by atoms with Gasteiger partial charge < -0.3 is 10.4 Å². The molecule has 0 aliphatic rings. The summed E-state index contributed by atoms with van der Waals surface area (Å²) in [6.07, 6.45) is 1.70. The largest absolute Gasteiger partial charge is 0.478 e. The van der Waals surface area contributed by atoms with E-state index in [0.717, 1.165) is 5.56 Å². The van der Waals surface area contributed by atoms with Gasteiger partial charge in [-0.25, -0.2) is 9.78 Å². The van der Waals surface area contributed by atoms with Gasteiger partial charge in [-0.1, -0.05) is 23.7 Å². The van der Waals surface area contributed by atoms with Crippen molar-refractivity contribution in [2.75, 3.05) is 0 Å². The molecule has 0 saturated carbocycles. The maximum Gasteiger partial charge on any atom is 0.335 e. The number of rotatable bonds is 4. The van der Waals surface area contributed by atoms with E-state index in [2.05, 4.69) is 10.3 Å². The number of carbonyl (C=O) groups excluding carboxylic acids is 1. The van der Waals surface area contributed by atoms with E-state index in [1.807, 2.05) is 0 Å². The summed E-state index contributed by atoms with van der Waals surface area (Å²) in [5.41, 5.74) is 2.68. The molecule has 6 nitrogen and oxygen atoms in total. The zero-order valence-corrected chi connectivity index (χ0v) is 13.5. The minimum absolute atomic E-state index is 0.208. The van der Waals surface area contributed by atoms with Crippen molar-refractivity contribution >= 4 is 29.1 Å². The minimum atomic E-state index is -0.981. The molecule has 7 heteroatoms. The zero-order chi connectivity index (χ0) is 17.3. The number of aryl methyl sites for hydroxylation is 1. The maximum atomic E-state index is 12.5. The lowest BCUT2D eigenvalue weighted by Gasteiger charge is -2.07. The summed E-state index contributed by atoms with van der Waals surface area (Å²) in [6, 6.07) is 9.74. The standard InChI is InChI=1S/C17H14ClN3O3/c1-10-15(21-7-6-13(18)8-14(21)20-10)16(22)19-9-11-2-4-12(5-3-11)17(23)24/h2-8H,9H2,1H3,(H,19,22)(H,23,24). The first-order valence-corrected chi connectivity index (χ1v) is 7.58. The molecular weight excluding hydrogens is 330 g/mol. The molecule has 3 aromatic rings. The number of carboxylic acids is 1. The third kappa shape index (κ3) is 3.09. The highest BCUT2D eigenvalue weighted by Crippen LogP contribution is 2.16. The summed E-state index contributed by atoms with van der Waals surface area (Å²) < 4.78 is 1.68. The van der Waals surface area contributed by atoms with Crippen molar-refractivity contribution in [1.29, 1.82) is 0 Å². The van der Waals surface area contributed by atoms with Gasteiger partial charge in [0.15, 0.2) is 0 Å². The van der Waals surface area contributed by atoms with Gasteiger partial charge in [-0.3, -0.25) is 9.20 Å². The van der Waals surface area contributed by atoms with Crippen LogP contribution in [0.3, 0.4) is 0 Å².